The molecule has 0 aliphatic rings. The van der Waals surface area contributed by atoms with Gasteiger partial charge in [0.1, 0.15) is 0 Å². The normalized spacial score (nSPS) is 13.1. The zero-order chi connectivity index (χ0) is 12.7. The van der Waals surface area contributed by atoms with Gasteiger partial charge in [-0.2, -0.15) is 0 Å². The minimum atomic E-state index is -0.0339. The van der Waals surface area contributed by atoms with Gasteiger partial charge in [0.25, 0.3) is 0 Å². The Morgan fingerprint density at radius 1 is 0.875 bits per heavy atom. The molecule has 0 rings (SSSR count). The highest BCUT2D eigenvalue weighted by Crippen LogP contribution is 2.06. The molecule has 0 saturated carbocycles. The second-order valence-corrected chi connectivity index (χ2v) is 6.10. The molecule has 0 aromatic carbocycles. The SMILES string of the molecule is CC(C)(C)NCCOCCCOC(C)(C)C. The molecule has 0 fully saturated rings. The van der Waals surface area contributed by atoms with Crippen LogP contribution in [0, 0.1) is 0 Å². The van der Waals surface area contributed by atoms with Crippen molar-refractivity contribution in [2.75, 3.05) is 26.4 Å². The predicted molar refractivity (Wildman–Crippen MR) is 68.9 cm³/mol. The highest BCUT2D eigenvalue weighted by atomic mass is 16.5. The van der Waals surface area contributed by atoms with Crippen molar-refractivity contribution < 1.29 is 9.47 Å². The van der Waals surface area contributed by atoms with E-state index in [-0.39, 0.29) is 11.1 Å². The molecule has 0 aliphatic carbocycles. The van der Waals surface area contributed by atoms with Gasteiger partial charge >= 0.3 is 0 Å². The summed E-state index contributed by atoms with van der Waals surface area (Å²) in [5, 5.41) is 3.38. The Bertz CT molecular complexity index is 148. The smallest absolute Gasteiger partial charge is 0.0598 e. The molecule has 0 saturated heterocycles. The van der Waals surface area contributed by atoms with Gasteiger partial charge in [0.05, 0.1) is 12.2 Å². The Kier molecular flexibility index (Phi) is 7.20. The molecule has 0 spiro atoms. The standard InChI is InChI=1S/C13H29NO2/c1-12(2,3)14-8-11-15-9-7-10-16-13(4,5)6/h14H,7-11H2,1-6H3. The largest absolute Gasteiger partial charge is 0.380 e. The monoisotopic (exact) mass is 231 g/mol. The van der Waals surface area contributed by atoms with E-state index in [9.17, 15) is 0 Å². The minimum absolute atomic E-state index is 0.0339. The van der Waals surface area contributed by atoms with Gasteiger partial charge in [0, 0.05) is 25.3 Å². The third-order valence-electron chi connectivity index (χ3n) is 1.87. The summed E-state index contributed by atoms with van der Waals surface area (Å²) in [6.07, 6.45) is 0.965. The van der Waals surface area contributed by atoms with Crippen LogP contribution in [-0.2, 0) is 9.47 Å². The summed E-state index contributed by atoms with van der Waals surface area (Å²) in [6.45, 7) is 15.9. The first-order valence-electron chi connectivity index (χ1n) is 6.17. The van der Waals surface area contributed by atoms with Crippen LogP contribution >= 0.6 is 0 Å². The van der Waals surface area contributed by atoms with E-state index in [1.807, 2.05) is 0 Å². The lowest BCUT2D eigenvalue weighted by Gasteiger charge is -2.21. The Morgan fingerprint density at radius 3 is 2.00 bits per heavy atom. The first kappa shape index (κ1) is 15.9. The van der Waals surface area contributed by atoms with E-state index in [1.165, 1.54) is 0 Å². The van der Waals surface area contributed by atoms with Crippen LogP contribution in [0.4, 0.5) is 0 Å². The van der Waals surface area contributed by atoms with Crippen LogP contribution in [0.1, 0.15) is 48.0 Å². The van der Waals surface area contributed by atoms with Crippen molar-refractivity contribution in [3.63, 3.8) is 0 Å². The van der Waals surface area contributed by atoms with Crippen molar-refractivity contribution in [1.29, 1.82) is 0 Å². The average Bonchev–Trinajstić information content (AvgIpc) is 2.06. The molecule has 0 heterocycles. The molecule has 0 aromatic heterocycles. The van der Waals surface area contributed by atoms with E-state index in [2.05, 4.69) is 46.9 Å². The highest BCUT2D eigenvalue weighted by molar-refractivity contribution is 4.69. The van der Waals surface area contributed by atoms with Crippen LogP contribution in [0.5, 0.6) is 0 Å². The van der Waals surface area contributed by atoms with E-state index in [4.69, 9.17) is 9.47 Å². The number of nitrogens with one attached hydrogen (secondary N) is 1. The summed E-state index contributed by atoms with van der Waals surface area (Å²) in [4.78, 5) is 0. The lowest BCUT2D eigenvalue weighted by Crippen LogP contribution is -2.38. The van der Waals surface area contributed by atoms with E-state index in [0.29, 0.717) is 0 Å². The van der Waals surface area contributed by atoms with Crippen molar-refractivity contribution in [2.24, 2.45) is 0 Å². The van der Waals surface area contributed by atoms with E-state index in [1.54, 1.807) is 0 Å². The van der Waals surface area contributed by atoms with Crippen molar-refractivity contribution in [1.82, 2.24) is 5.32 Å². The lowest BCUT2D eigenvalue weighted by atomic mass is 10.1. The Labute approximate surface area is 101 Å². The van der Waals surface area contributed by atoms with Gasteiger partial charge in [-0.1, -0.05) is 0 Å². The van der Waals surface area contributed by atoms with Crippen molar-refractivity contribution in [3.05, 3.63) is 0 Å². The van der Waals surface area contributed by atoms with E-state index >= 15 is 0 Å². The summed E-state index contributed by atoms with van der Waals surface area (Å²) in [7, 11) is 0. The molecule has 1 N–H and O–H groups in total. The fourth-order valence-corrected chi connectivity index (χ4v) is 1.14. The molecule has 16 heavy (non-hydrogen) atoms. The number of hydrogen-bond donors (Lipinski definition) is 1. The van der Waals surface area contributed by atoms with Crippen LogP contribution in [0.25, 0.3) is 0 Å². The van der Waals surface area contributed by atoms with Gasteiger partial charge in [0.2, 0.25) is 0 Å². The quantitative estimate of drug-likeness (QED) is 0.683. The molecule has 3 heteroatoms. The molecule has 0 aromatic rings. The lowest BCUT2D eigenvalue weighted by molar-refractivity contribution is -0.0138. The molecule has 3 nitrogen and oxygen atoms in total. The molecular formula is C13H29NO2. The molecular weight excluding hydrogens is 202 g/mol. The van der Waals surface area contributed by atoms with Crippen LogP contribution in [0.15, 0.2) is 0 Å². The maximum Gasteiger partial charge on any atom is 0.0598 e. The molecule has 0 atom stereocenters. The van der Waals surface area contributed by atoms with Crippen molar-refractivity contribution >= 4 is 0 Å². The maximum absolute atomic E-state index is 5.59. The Hall–Kier alpha value is -0.120. The second kappa shape index (κ2) is 7.25. The summed E-state index contributed by atoms with van der Waals surface area (Å²) in [5.74, 6) is 0. The highest BCUT2D eigenvalue weighted by Gasteiger charge is 2.09. The molecule has 0 aliphatic heterocycles. The van der Waals surface area contributed by atoms with Gasteiger partial charge in [-0.25, -0.2) is 0 Å². The van der Waals surface area contributed by atoms with Crippen LogP contribution < -0.4 is 5.32 Å². The van der Waals surface area contributed by atoms with Gasteiger partial charge in [-0.3, -0.25) is 0 Å². The summed E-state index contributed by atoms with van der Waals surface area (Å²) in [6, 6.07) is 0. The van der Waals surface area contributed by atoms with Gasteiger partial charge in [0.15, 0.2) is 0 Å². The fraction of sp³-hybridized carbons (Fsp3) is 1.00. The first-order chi connectivity index (χ1) is 7.21. The molecule has 0 unspecified atom stereocenters. The summed E-state index contributed by atoms with van der Waals surface area (Å²) >= 11 is 0. The van der Waals surface area contributed by atoms with E-state index in [0.717, 1.165) is 32.8 Å². The zero-order valence-electron chi connectivity index (χ0n) is 11.9. The Balaban J connectivity index is 3.17. The molecule has 98 valence electrons. The third-order valence-corrected chi connectivity index (χ3v) is 1.87. The Morgan fingerprint density at radius 2 is 1.50 bits per heavy atom. The second-order valence-electron chi connectivity index (χ2n) is 6.10. The first-order valence-corrected chi connectivity index (χ1v) is 6.17. The predicted octanol–water partition coefficient (Wildman–Crippen LogP) is 2.60. The molecule has 0 amide bonds. The third kappa shape index (κ3) is 13.9. The average molecular weight is 231 g/mol. The zero-order valence-corrected chi connectivity index (χ0v) is 11.9. The topological polar surface area (TPSA) is 30.5 Å². The fourth-order valence-electron chi connectivity index (χ4n) is 1.14. The molecule has 0 radical (unpaired) electrons. The number of ether oxygens (including phenoxy) is 2. The minimum Gasteiger partial charge on any atom is -0.380 e. The van der Waals surface area contributed by atoms with Crippen molar-refractivity contribution in [2.45, 2.75) is 59.1 Å². The van der Waals surface area contributed by atoms with Gasteiger partial charge in [-0.05, 0) is 48.0 Å². The number of hydrogen-bond acceptors (Lipinski definition) is 3. The maximum atomic E-state index is 5.59. The van der Waals surface area contributed by atoms with Crippen molar-refractivity contribution in [3.8, 4) is 0 Å². The van der Waals surface area contributed by atoms with Crippen LogP contribution in [-0.4, -0.2) is 37.5 Å². The molecule has 0 bridgehead atoms. The summed E-state index contributed by atoms with van der Waals surface area (Å²) in [5.41, 5.74) is 0.145. The van der Waals surface area contributed by atoms with Crippen LogP contribution in [0.2, 0.25) is 0 Å². The van der Waals surface area contributed by atoms with Crippen LogP contribution in [0.3, 0.4) is 0 Å². The summed E-state index contributed by atoms with van der Waals surface area (Å²) < 4.78 is 11.1. The van der Waals surface area contributed by atoms with E-state index < -0.39 is 0 Å². The van der Waals surface area contributed by atoms with Gasteiger partial charge < -0.3 is 14.8 Å². The van der Waals surface area contributed by atoms with Gasteiger partial charge in [-0.15, -0.1) is 0 Å². The number of rotatable bonds is 7.